The number of amides is 2. The van der Waals surface area contributed by atoms with Crippen LogP contribution in [0.4, 0.5) is 18.9 Å². The first-order valence-corrected chi connectivity index (χ1v) is 8.43. The summed E-state index contributed by atoms with van der Waals surface area (Å²) < 4.78 is 48.9. The van der Waals surface area contributed by atoms with Crippen LogP contribution in [0.3, 0.4) is 0 Å². The number of ether oxygens (including phenoxy) is 1. The standard InChI is InChI=1S/C19H19F3N2O4/c1-2-27-16-7-5-13(19(20,21)22)12-15(16)24-18(26)9-10-23-17(25)8-6-14-4-3-11-28-14/h3-8,11-12H,2,9-10H2,1H3,(H,23,25)(H,24,26)/b8-6+. The predicted octanol–water partition coefficient (Wildman–Crippen LogP) is 3.86. The fraction of sp³-hybridized carbons (Fsp3) is 0.263. The van der Waals surface area contributed by atoms with E-state index in [9.17, 15) is 22.8 Å². The van der Waals surface area contributed by atoms with E-state index in [1.807, 2.05) is 0 Å². The van der Waals surface area contributed by atoms with Crippen LogP contribution in [0.5, 0.6) is 5.75 Å². The van der Waals surface area contributed by atoms with Gasteiger partial charge in [0.2, 0.25) is 11.8 Å². The second-order valence-corrected chi connectivity index (χ2v) is 5.58. The molecule has 1 aromatic heterocycles. The van der Waals surface area contributed by atoms with Crippen molar-refractivity contribution in [2.75, 3.05) is 18.5 Å². The Morgan fingerprint density at radius 3 is 2.68 bits per heavy atom. The smallest absolute Gasteiger partial charge is 0.416 e. The number of nitrogens with one attached hydrogen (secondary N) is 2. The maximum Gasteiger partial charge on any atom is 0.416 e. The fourth-order valence-corrected chi connectivity index (χ4v) is 2.20. The summed E-state index contributed by atoms with van der Waals surface area (Å²) in [6.45, 7) is 1.91. The van der Waals surface area contributed by atoms with Crippen molar-refractivity contribution in [3.63, 3.8) is 0 Å². The lowest BCUT2D eigenvalue weighted by atomic mass is 10.1. The second-order valence-electron chi connectivity index (χ2n) is 5.58. The van der Waals surface area contributed by atoms with E-state index in [0.717, 1.165) is 18.2 Å². The molecule has 0 saturated heterocycles. The lowest BCUT2D eigenvalue weighted by Crippen LogP contribution is -2.26. The van der Waals surface area contributed by atoms with E-state index in [1.165, 1.54) is 18.4 Å². The van der Waals surface area contributed by atoms with Crippen molar-refractivity contribution in [2.45, 2.75) is 19.5 Å². The Morgan fingerprint density at radius 1 is 1.25 bits per heavy atom. The molecule has 2 N–H and O–H groups in total. The number of halogens is 3. The van der Waals surface area contributed by atoms with Crippen molar-refractivity contribution < 1.29 is 31.9 Å². The molecule has 0 saturated carbocycles. The molecule has 1 heterocycles. The summed E-state index contributed by atoms with van der Waals surface area (Å²) in [7, 11) is 0. The van der Waals surface area contributed by atoms with E-state index in [2.05, 4.69) is 10.6 Å². The van der Waals surface area contributed by atoms with E-state index in [0.29, 0.717) is 5.76 Å². The summed E-state index contributed by atoms with van der Waals surface area (Å²) in [6, 6.07) is 6.19. The van der Waals surface area contributed by atoms with Crippen molar-refractivity contribution in [2.24, 2.45) is 0 Å². The molecule has 6 nitrogen and oxygen atoms in total. The Balaban J connectivity index is 1.90. The van der Waals surface area contributed by atoms with Crippen molar-refractivity contribution in [3.8, 4) is 5.75 Å². The summed E-state index contributed by atoms with van der Waals surface area (Å²) >= 11 is 0. The highest BCUT2D eigenvalue weighted by Gasteiger charge is 2.31. The molecule has 0 radical (unpaired) electrons. The molecule has 2 aromatic rings. The Kier molecular flexibility index (Phi) is 7.25. The van der Waals surface area contributed by atoms with Gasteiger partial charge in [-0.25, -0.2) is 0 Å². The van der Waals surface area contributed by atoms with E-state index in [1.54, 1.807) is 19.1 Å². The predicted molar refractivity (Wildman–Crippen MR) is 96.6 cm³/mol. The lowest BCUT2D eigenvalue weighted by molar-refractivity contribution is -0.137. The number of carbonyl (C=O) groups is 2. The molecule has 150 valence electrons. The van der Waals surface area contributed by atoms with Crippen LogP contribution < -0.4 is 15.4 Å². The van der Waals surface area contributed by atoms with Crippen molar-refractivity contribution in [1.29, 1.82) is 0 Å². The van der Waals surface area contributed by atoms with Gasteiger partial charge in [-0.15, -0.1) is 0 Å². The van der Waals surface area contributed by atoms with Crippen molar-refractivity contribution >= 4 is 23.6 Å². The Bertz CT molecular complexity index is 830. The summed E-state index contributed by atoms with van der Waals surface area (Å²) in [5, 5.41) is 4.89. The van der Waals surface area contributed by atoms with E-state index >= 15 is 0 Å². The average molecular weight is 396 g/mol. The van der Waals surface area contributed by atoms with Gasteiger partial charge in [-0.3, -0.25) is 9.59 Å². The normalized spacial score (nSPS) is 11.4. The molecular formula is C19H19F3N2O4. The van der Waals surface area contributed by atoms with Crippen molar-refractivity contribution in [3.05, 3.63) is 54.0 Å². The maximum absolute atomic E-state index is 12.9. The molecule has 1 aromatic carbocycles. The number of benzene rings is 1. The SMILES string of the molecule is CCOc1ccc(C(F)(F)F)cc1NC(=O)CCNC(=O)/C=C/c1ccco1. The van der Waals surface area contributed by atoms with Gasteiger partial charge in [0.05, 0.1) is 24.1 Å². The summed E-state index contributed by atoms with van der Waals surface area (Å²) in [5.74, 6) is -0.357. The van der Waals surface area contributed by atoms with E-state index < -0.39 is 23.6 Å². The minimum absolute atomic E-state index is 0.0100. The number of rotatable bonds is 8. The highest BCUT2D eigenvalue weighted by atomic mass is 19.4. The van der Waals surface area contributed by atoms with Crippen LogP contribution in [0.2, 0.25) is 0 Å². The van der Waals surface area contributed by atoms with Gasteiger partial charge < -0.3 is 19.8 Å². The monoisotopic (exact) mass is 396 g/mol. The Labute approximate surface area is 159 Å². The van der Waals surface area contributed by atoms with Gasteiger partial charge >= 0.3 is 6.18 Å². The number of carbonyl (C=O) groups excluding carboxylic acids is 2. The van der Waals surface area contributed by atoms with Crippen LogP contribution in [-0.4, -0.2) is 25.0 Å². The first-order chi connectivity index (χ1) is 13.3. The Morgan fingerprint density at radius 2 is 2.04 bits per heavy atom. The fourth-order valence-electron chi connectivity index (χ4n) is 2.20. The van der Waals surface area contributed by atoms with Crippen LogP contribution in [-0.2, 0) is 15.8 Å². The van der Waals surface area contributed by atoms with Gasteiger partial charge in [0.15, 0.2) is 0 Å². The molecular weight excluding hydrogens is 377 g/mol. The third-order valence-corrected chi connectivity index (χ3v) is 3.47. The van der Waals surface area contributed by atoms with Gasteiger partial charge in [0.25, 0.3) is 0 Å². The summed E-state index contributed by atoms with van der Waals surface area (Å²) in [4.78, 5) is 23.7. The lowest BCUT2D eigenvalue weighted by Gasteiger charge is -2.14. The molecule has 2 rings (SSSR count). The number of furan rings is 1. The van der Waals surface area contributed by atoms with Gasteiger partial charge in [-0.05, 0) is 43.3 Å². The van der Waals surface area contributed by atoms with Gasteiger partial charge in [-0.2, -0.15) is 13.2 Å². The van der Waals surface area contributed by atoms with Gasteiger partial charge in [-0.1, -0.05) is 0 Å². The molecule has 2 amide bonds. The topological polar surface area (TPSA) is 80.6 Å². The maximum atomic E-state index is 12.9. The van der Waals surface area contributed by atoms with Crippen LogP contribution in [0.1, 0.15) is 24.7 Å². The molecule has 9 heteroatoms. The number of anilines is 1. The number of hydrogen-bond donors (Lipinski definition) is 2. The van der Waals surface area contributed by atoms with Crippen LogP contribution in [0.25, 0.3) is 6.08 Å². The molecule has 0 atom stereocenters. The minimum atomic E-state index is -4.54. The third kappa shape index (κ3) is 6.49. The zero-order chi connectivity index (χ0) is 20.6. The highest BCUT2D eigenvalue weighted by molar-refractivity contribution is 5.94. The largest absolute Gasteiger partial charge is 0.492 e. The van der Waals surface area contributed by atoms with Gasteiger partial charge in [0, 0.05) is 19.0 Å². The highest BCUT2D eigenvalue weighted by Crippen LogP contribution is 2.35. The molecule has 0 aliphatic heterocycles. The van der Waals surface area contributed by atoms with Crippen LogP contribution in [0, 0.1) is 0 Å². The third-order valence-electron chi connectivity index (χ3n) is 3.47. The molecule has 28 heavy (non-hydrogen) atoms. The first kappa shape index (κ1) is 21.1. The van der Waals surface area contributed by atoms with Crippen LogP contribution >= 0.6 is 0 Å². The number of alkyl halides is 3. The molecule has 0 unspecified atom stereocenters. The average Bonchev–Trinajstić information content (AvgIpc) is 3.14. The molecule has 0 aliphatic carbocycles. The summed E-state index contributed by atoms with van der Waals surface area (Å²) in [6.07, 6.45) is -0.490. The molecule has 0 spiro atoms. The quantitative estimate of drug-likeness (QED) is 0.664. The van der Waals surface area contributed by atoms with Crippen molar-refractivity contribution in [1.82, 2.24) is 5.32 Å². The van der Waals surface area contributed by atoms with E-state index in [-0.39, 0.29) is 31.0 Å². The zero-order valence-corrected chi connectivity index (χ0v) is 15.0. The molecule has 0 bridgehead atoms. The molecule has 0 fully saturated rings. The zero-order valence-electron chi connectivity index (χ0n) is 15.0. The first-order valence-electron chi connectivity index (χ1n) is 8.43. The Hall–Kier alpha value is -3.23. The number of hydrogen-bond acceptors (Lipinski definition) is 4. The van der Waals surface area contributed by atoms with Gasteiger partial charge in [0.1, 0.15) is 11.5 Å². The van der Waals surface area contributed by atoms with Crippen LogP contribution in [0.15, 0.2) is 47.1 Å². The summed E-state index contributed by atoms with van der Waals surface area (Å²) in [5.41, 5.74) is -0.978. The molecule has 0 aliphatic rings. The second kappa shape index (κ2) is 9.63. The van der Waals surface area contributed by atoms with E-state index in [4.69, 9.17) is 9.15 Å². The minimum Gasteiger partial charge on any atom is -0.492 e.